The topological polar surface area (TPSA) is 81.5 Å². The summed E-state index contributed by atoms with van der Waals surface area (Å²) in [5.41, 5.74) is 2.86. The zero-order chi connectivity index (χ0) is 20.4. The third-order valence-corrected chi connectivity index (χ3v) is 5.38. The number of ether oxygens (including phenoxy) is 1. The van der Waals surface area contributed by atoms with E-state index in [-0.39, 0.29) is 12.3 Å². The van der Waals surface area contributed by atoms with E-state index in [9.17, 15) is 14.4 Å². The largest absolute Gasteiger partial charge is 0.455 e. The molecule has 2 heterocycles. The van der Waals surface area contributed by atoms with E-state index in [2.05, 4.69) is 5.10 Å². The molecular weight excluding hydrogens is 405 g/mol. The van der Waals surface area contributed by atoms with E-state index >= 15 is 0 Å². The Morgan fingerprint density at radius 3 is 2.61 bits per heavy atom. The van der Waals surface area contributed by atoms with Crippen LogP contribution in [0.25, 0.3) is 5.69 Å². The van der Waals surface area contributed by atoms with E-state index in [1.54, 1.807) is 29.8 Å². The fraction of sp³-hybridized carbons (Fsp3) is 0.368. The van der Waals surface area contributed by atoms with Crippen LogP contribution in [0.5, 0.6) is 0 Å². The number of carbonyl (C=O) groups is 3. The van der Waals surface area contributed by atoms with Crippen LogP contribution in [0, 0.1) is 13.8 Å². The SMILES string of the molecule is Cc1nn(-c2ccc(Cl)c(Cl)c2)c(C)c1CC(=O)OCC(=O)N1CCCC1=O. The number of aryl methyl sites for hydroxylation is 1. The monoisotopic (exact) mass is 423 g/mol. The molecule has 28 heavy (non-hydrogen) atoms. The average molecular weight is 424 g/mol. The van der Waals surface area contributed by atoms with Crippen LogP contribution in [0.2, 0.25) is 10.0 Å². The summed E-state index contributed by atoms with van der Waals surface area (Å²) in [6.07, 6.45) is 0.969. The first-order valence-electron chi connectivity index (χ1n) is 8.77. The van der Waals surface area contributed by atoms with Crippen LogP contribution in [0.3, 0.4) is 0 Å². The van der Waals surface area contributed by atoms with Crippen LogP contribution in [0.4, 0.5) is 0 Å². The fourth-order valence-corrected chi connectivity index (χ4v) is 3.42. The molecule has 1 aliphatic rings. The van der Waals surface area contributed by atoms with Gasteiger partial charge in [0.15, 0.2) is 6.61 Å². The maximum Gasteiger partial charge on any atom is 0.310 e. The number of carbonyl (C=O) groups excluding carboxylic acids is 3. The molecule has 1 aliphatic heterocycles. The van der Waals surface area contributed by atoms with Crippen molar-refractivity contribution in [1.29, 1.82) is 0 Å². The summed E-state index contributed by atoms with van der Waals surface area (Å²) in [5, 5.41) is 5.31. The van der Waals surface area contributed by atoms with Crippen LogP contribution in [0.15, 0.2) is 18.2 Å². The van der Waals surface area contributed by atoms with Gasteiger partial charge in [-0.3, -0.25) is 19.3 Å². The van der Waals surface area contributed by atoms with Crippen molar-refractivity contribution in [1.82, 2.24) is 14.7 Å². The summed E-state index contributed by atoms with van der Waals surface area (Å²) >= 11 is 12.0. The van der Waals surface area contributed by atoms with Gasteiger partial charge in [0.1, 0.15) is 0 Å². The summed E-state index contributed by atoms with van der Waals surface area (Å²) in [6, 6.07) is 5.15. The molecule has 3 rings (SSSR count). The first kappa shape index (κ1) is 20.4. The van der Waals surface area contributed by atoms with Gasteiger partial charge in [-0.05, 0) is 38.5 Å². The number of amides is 2. The molecule has 2 amide bonds. The summed E-state index contributed by atoms with van der Waals surface area (Å²) < 4.78 is 6.75. The van der Waals surface area contributed by atoms with E-state index in [1.165, 1.54) is 0 Å². The van der Waals surface area contributed by atoms with Gasteiger partial charge in [-0.15, -0.1) is 0 Å². The molecule has 0 N–H and O–H groups in total. The van der Waals surface area contributed by atoms with Crippen molar-refractivity contribution in [3.63, 3.8) is 0 Å². The number of likely N-dealkylation sites (tertiary alicyclic amines) is 1. The third kappa shape index (κ3) is 4.20. The quantitative estimate of drug-likeness (QED) is 0.690. The van der Waals surface area contributed by atoms with Crippen LogP contribution in [-0.4, -0.2) is 45.6 Å². The van der Waals surface area contributed by atoms with Gasteiger partial charge in [0.05, 0.1) is 27.8 Å². The van der Waals surface area contributed by atoms with Crippen LogP contribution < -0.4 is 0 Å². The standard InChI is InChI=1S/C19H19Cl2N3O4/c1-11-14(9-19(27)28-10-18(26)23-7-3-4-17(23)25)12(2)24(22-11)13-5-6-15(20)16(21)8-13/h5-6,8H,3-4,7,9-10H2,1-2H3. The lowest BCUT2D eigenvalue weighted by Crippen LogP contribution is -2.35. The Labute approximate surface area is 172 Å². The Morgan fingerprint density at radius 2 is 1.96 bits per heavy atom. The highest BCUT2D eigenvalue weighted by molar-refractivity contribution is 6.42. The van der Waals surface area contributed by atoms with Crippen LogP contribution in [0.1, 0.15) is 29.8 Å². The molecule has 0 spiro atoms. The molecule has 2 aromatic rings. The van der Waals surface area contributed by atoms with Crippen LogP contribution in [-0.2, 0) is 25.5 Å². The van der Waals surface area contributed by atoms with Crippen molar-refractivity contribution in [3.8, 4) is 5.69 Å². The number of imide groups is 1. The summed E-state index contributed by atoms with van der Waals surface area (Å²) in [6.45, 7) is 3.56. The first-order chi connectivity index (χ1) is 13.3. The minimum atomic E-state index is -0.556. The summed E-state index contributed by atoms with van der Waals surface area (Å²) in [7, 11) is 0. The van der Waals surface area contributed by atoms with E-state index in [0.29, 0.717) is 40.7 Å². The van der Waals surface area contributed by atoms with Crippen molar-refractivity contribution >= 4 is 41.0 Å². The lowest BCUT2D eigenvalue weighted by Gasteiger charge is -2.13. The maximum atomic E-state index is 12.2. The van der Waals surface area contributed by atoms with Gasteiger partial charge in [-0.1, -0.05) is 23.2 Å². The Kier molecular flexibility index (Phi) is 6.05. The van der Waals surface area contributed by atoms with Gasteiger partial charge < -0.3 is 4.74 Å². The lowest BCUT2D eigenvalue weighted by atomic mass is 10.1. The zero-order valence-corrected chi connectivity index (χ0v) is 17.0. The molecule has 0 radical (unpaired) electrons. The smallest absolute Gasteiger partial charge is 0.310 e. The zero-order valence-electron chi connectivity index (χ0n) is 15.5. The number of nitrogens with zero attached hydrogens (tertiary/aromatic N) is 3. The Balaban J connectivity index is 1.68. The molecule has 9 heteroatoms. The van der Waals surface area contributed by atoms with Crippen molar-refractivity contribution in [2.45, 2.75) is 33.1 Å². The number of hydrogen-bond acceptors (Lipinski definition) is 5. The number of hydrogen-bond donors (Lipinski definition) is 0. The molecule has 0 saturated carbocycles. The minimum Gasteiger partial charge on any atom is -0.455 e. The number of aromatic nitrogens is 2. The predicted octanol–water partition coefficient (Wildman–Crippen LogP) is 3.03. The van der Waals surface area contributed by atoms with E-state index < -0.39 is 18.5 Å². The molecule has 0 aliphatic carbocycles. The minimum absolute atomic E-state index is 0.0276. The maximum absolute atomic E-state index is 12.2. The highest BCUT2D eigenvalue weighted by Crippen LogP contribution is 2.26. The summed E-state index contributed by atoms with van der Waals surface area (Å²) in [5.74, 6) is -1.27. The van der Waals surface area contributed by atoms with Crippen LogP contribution >= 0.6 is 23.2 Å². The normalized spacial score (nSPS) is 13.9. The fourth-order valence-electron chi connectivity index (χ4n) is 3.13. The second-order valence-electron chi connectivity index (χ2n) is 6.54. The first-order valence-corrected chi connectivity index (χ1v) is 9.53. The molecule has 148 valence electrons. The third-order valence-electron chi connectivity index (χ3n) is 4.64. The molecule has 7 nitrogen and oxygen atoms in total. The molecule has 1 aromatic carbocycles. The number of halogens is 2. The molecule has 0 unspecified atom stereocenters. The summed E-state index contributed by atoms with van der Waals surface area (Å²) in [4.78, 5) is 36.9. The average Bonchev–Trinajstić information content (AvgIpc) is 3.20. The number of benzene rings is 1. The van der Waals surface area contributed by atoms with Crippen molar-refractivity contribution < 1.29 is 19.1 Å². The van der Waals surface area contributed by atoms with E-state index in [4.69, 9.17) is 27.9 Å². The van der Waals surface area contributed by atoms with Gasteiger partial charge in [0, 0.05) is 24.2 Å². The van der Waals surface area contributed by atoms with Crippen molar-refractivity contribution in [2.24, 2.45) is 0 Å². The van der Waals surface area contributed by atoms with Gasteiger partial charge in [0.25, 0.3) is 5.91 Å². The van der Waals surface area contributed by atoms with E-state index in [1.807, 2.05) is 6.92 Å². The highest BCUT2D eigenvalue weighted by atomic mass is 35.5. The second-order valence-corrected chi connectivity index (χ2v) is 7.35. The van der Waals surface area contributed by atoms with Gasteiger partial charge in [-0.25, -0.2) is 4.68 Å². The van der Waals surface area contributed by atoms with Gasteiger partial charge >= 0.3 is 5.97 Å². The molecule has 0 atom stereocenters. The molecule has 0 bridgehead atoms. The molecular formula is C19H19Cl2N3O4. The molecule has 1 saturated heterocycles. The van der Waals surface area contributed by atoms with E-state index in [0.717, 1.165) is 16.3 Å². The number of esters is 1. The molecule has 1 aromatic heterocycles. The predicted molar refractivity (Wildman–Crippen MR) is 104 cm³/mol. The Morgan fingerprint density at radius 1 is 1.21 bits per heavy atom. The second kappa shape index (κ2) is 8.32. The lowest BCUT2D eigenvalue weighted by molar-refractivity contribution is -0.154. The number of rotatable bonds is 5. The van der Waals surface area contributed by atoms with Gasteiger partial charge in [-0.2, -0.15) is 5.10 Å². The molecule has 1 fully saturated rings. The Bertz CT molecular complexity index is 955. The van der Waals surface area contributed by atoms with Gasteiger partial charge in [0.2, 0.25) is 5.91 Å². The van der Waals surface area contributed by atoms with Crippen molar-refractivity contribution in [2.75, 3.05) is 13.2 Å². The Hall–Kier alpha value is -2.38. The highest BCUT2D eigenvalue weighted by Gasteiger charge is 2.27. The van der Waals surface area contributed by atoms with Crippen molar-refractivity contribution in [3.05, 3.63) is 45.2 Å².